The average molecular weight is 501 g/mol. The van der Waals surface area contributed by atoms with Crippen molar-refractivity contribution in [3.63, 3.8) is 0 Å². The molecule has 28 heavy (non-hydrogen) atoms. The minimum atomic E-state index is 0. The quantitative estimate of drug-likeness (QED) is 0.368. The summed E-state index contributed by atoms with van der Waals surface area (Å²) in [4.78, 5) is 12.1. The van der Waals surface area contributed by atoms with E-state index in [1.807, 2.05) is 0 Å². The van der Waals surface area contributed by atoms with Crippen LogP contribution < -0.4 is 5.32 Å². The Morgan fingerprint density at radius 2 is 1.96 bits per heavy atom. The molecule has 0 radical (unpaired) electrons. The highest BCUT2D eigenvalue weighted by Crippen LogP contribution is 2.17. The maximum atomic E-state index is 5.50. The number of nitrogens with zero attached hydrogens (tertiary/aromatic N) is 4. The Bertz CT molecular complexity index is 619. The molecule has 0 aromatic heterocycles. The molecule has 0 saturated carbocycles. The lowest BCUT2D eigenvalue weighted by molar-refractivity contribution is 0.0195. The van der Waals surface area contributed by atoms with Gasteiger partial charge in [-0.3, -0.25) is 4.90 Å². The number of hydrogen-bond acceptors (Lipinski definition) is 4. The van der Waals surface area contributed by atoms with E-state index in [0.717, 1.165) is 65.0 Å². The first-order valence-electron chi connectivity index (χ1n) is 10.2. The molecule has 2 aliphatic rings. The Balaban J connectivity index is 0.00000280. The predicted molar refractivity (Wildman–Crippen MR) is 126 cm³/mol. The summed E-state index contributed by atoms with van der Waals surface area (Å²) in [5.74, 6) is 1.05. The fourth-order valence-electron chi connectivity index (χ4n) is 3.96. The standard InChI is InChI=1S/C21H35N5O.HI/c1-4-22-21(23-15-18-6-5-7-19(14-18)16-24(2)3)26-9-8-20(17-26)25-10-12-27-13-11-25;/h5-7,14,20H,4,8-13,15-17H2,1-3H3,(H,22,23);1H. The van der Waals surface area contributed by atoms with Gasteiger partial charge in [-0.15, -0.1) is 24.0 Å². The molecule has 2 aliphatic heterocycles. The zero-order valence-electron chi connectivity index (χ0n) is 17.6. The lowest BCUT2D eigenvalue weighted by Crippen LogP contribution is -2.46. The Morgan fingerprint density at radius 1 is 1.21 bits per heavy atom. The molecule has 1 atom stereocenters. The first-order chi connectivity index (χ1) is 13.2. The summed E-state index contributed by atoms with van der Waals surface area (Å²) in [5, 5.41) is 3.49. The molecular weight excluding hydrogens is 465 g/mol. The highest BCUT2D eigenvalue weighted by Gasteiger charge is 2.30. The molecule has 0 amide bonds. The van der Waals surface area contributed by atoms with Gasteiger partial charge in [-0.05, 0) is 38.6 Å². The highest BCUT2D eigenvalue weighted by atomic mass is 127. The third-order valence-corrected chi connectivity index (χ3v) is 5.26. The van der Waals surface area contributed by atoms with Crippen molar-refractivity contribution in [2.75, 3.05) is 60.0 Å². The molecule has 2 saturated heterocycles. The van der Waals surface area contributed by atoms with E-state index in [-0.39, 0.29) is 24.0 Å². The number of ether oxygens (including phenoxy) is 1. The highest BCUT2D eigenvalue weighted by molar-refractivity contribution is 14.0. The summed E-state index contributed by atoms with van der Waals surface area (Å²) < 4.78 is 5.50. The second-order valence-corrected chi connectivity index (χ2v) is 7.76. The summed E-state index contributed by atoms with van der Waals surface area (Å²) in [6.07, 6.45) is 1.21. The fraction of sp³-hybridized carbons (Fsp3) is 0.667. The van der Waals surface area contributed by atoms with Crippen LogP contribution in [0.25, 0.3) is 0 Å². The molecular formula is C21H36IN5O. The van der Waals surface area contributed by atoms with Crippen molar-refractivity contribution in [1.82, 2.24) is 20.0 Å². The second kappa shape index (κ2) is 11.9. The zero-order valence-corrected chi connectivity index (χ0v) is 19.9. The summed E-state index contributed by atoms with van der Waals surface area (Å²) in [6.45, 7) is 10.7. The number of guanidine groups is 1. The molecule has 6 nitrogen and oxygen atoms in total. The Labute approximate surface area is 187 Å². The van der Waals surface area contributed by atoms with Crippen molar-refractivity contribution in [1.29, 1.82) is 0 Å². The van der Waals surface area contributed by atoms with Gasteiger partial charge in [0.05, 0.1) is 19.8 Å². The SMILES string of the molecule is CCNC(=NCc1cccc(CN(C)C)c1)N1CCC(N2CCOCC2)C1.I. The molecule has 7 heteroatoms. The van der Waals surface area contributed by atoms with Crippen LogP contribution in [0.15, 0.2) is 29.3 Å². The van der Waals surface area contributed by atoms with Crippen LogP contribution in [0.4, 0.5) is 0 Å². The second-order valence-electron chi connectivity index (χ2n) is 7.76. The first-order valence-corrected chi connectivity index (χ1v) is 10.2. The van der Waals surface area contributed by atoms with Crippen LogP contribution in [0, 0.1) is 0 Å². The van der Waals surface area contributed by atoms with Gasteiger partial charge in [-0.25, -0.2) is 4.99 Å². The molecule has 0 spiro atoms. The minimum Gasteiger partial charge on any atom is -0.379 e. The number of halogens is 1. The van der Waals surface area contributed by atoms with Gasteiger partial charge in [0.2, 0.25) is 0 Å². The first kappa shape index (κ1) is 23.4. The number of nitrogens with one attached hydrogen (secondary N) is 1. The summed E-state index contributed by atoms with van der Waals surface area (Å²) >= 11 is 0. The monoisotopic (exact) mass is 501 g/mol. The maximum absolute atomic E-state index is 5.50. The topological polar surface area (TPSA) is 43.3 Å². The van der Waals surface area contributed by atoms with Gasteiger partial charge in [0.1, 0.15) is 0 Å². The van der Waals surface area contributed by atoms with E-state index in [0.29, 0.717) is 6.04 Å². The van der Waals surface area contributed by atoms with Crippen LogP contribution in [0.2, 0.25) is 0 Å². The van der Waals surface area contributed by atoms with E-state index in [1.165, 1.54) is 17.5 Å². The van der Waals surface area contributed by atoms with Gasteiger partial charge in [0.15, 0.2) is 5.96 Å². The van der Waals surface area contributed by atoms with Crippen LogP contribution in [-0.4, -0.2) is 86.7 Å². The number of hydrogen-bond donors (Lipinski definition) is 1. The molecule has 2 heterocycles. The Morgan fingerprint density at radius 3 is 2.68 bits per heavy atom. The number of likely N-dealkylation sites (tertiary alicyclic amines) is 1. The molecule has 1 unspecified atom stereocenters. The van der Waals surface area contributed by atoms with Crippen LogP contribution >= 0.6 is 24.0 Å². The van der Waals surface area contributed by atoms with Crippen molar-refractivity contribution in [2.24, 2.45) is 4.99 Å². The van der Waals surface area contributed by atoms with Crippen LogP contribution in [0.3, 0.4) is 0 Å². The minimum absolute atomic E-state index is 0. The van der Waals surface area contributed by atoms with Gasteiger partial charge in [-0.2, -0.15) is 0 Å². The number of morpholine rings is 1. The van der Waals surface area contributed by atoms with Crippen LogP contribution in [0.5, 0.6) is 0 Å². The zero-order chi connectivity index (χ0) is 19.1. The Kier molecular flexibility index (Phi) is 9.98. The van der Waals surface area contributed by atoms with Gasteiger partial charge < -0.3 is 19.9 Å². The average Bonchev–Trinajstić information content (AvgIpc) is 3.16. The van der Waals surface area contributed by atoms with E-state index >= 15 is 0 Å². The van der Waals surface area contributed by atoms with Gasteiger partial charge in [-0.1, -0.05) is 24.3 Å². The smallest absolute Gasteiger partial charge is 0.194 e. The molecule has 1 aromatic rings. The summed E-state index contributed by atoms with van der Waals surface area (Å²) in [7, 11) is 4.21. The van der Waals surface area contributed by atoms with Crippen LogP contribution in [-0.2, 0) is 17.8 Å². The largest absolute Gasteiger partial charge is 0.379 e. The van der Waals surface area contributed by atoms with E-state index in [9.17, 15) is 0 Å². The van der Waals surface area contributed by atoms with Gasteiger partial charge >= 0.3 is 0 Å². The fourth-order valence-corrected chi connectivity index (χ4v) is 3.96. The normalized spacial score (nSPS) is 21.1. The molecule has 1 aromatic carbocycles. The molecule has 1 N–H and O–H groups in total. The lowest BCUT2D eigenvalue weighted by Gasteiger charge is -2.32. The number of rotatable bonds is 6. The third kappa shape index (κ3) is 6.86. The summed E-state index contributed by atoms with van der Waals surface area (Å²) in [5.41, 5.74) is 2.61. The predicted octanol–water partition coefficient (Wildman–Crippen LogP) is 2.24. The maximum Gasteiger partial charge on any atom is 0.194 e. The van der Waals surface area contributed by atoms with Crippen molar-refractivity contribution >= 4 is 29.9 Å². The van der Waals surface area contributed by atoms with E-state index in [2.05, 4.69) is 65.3 Å². The molecule has 0 aliphatic carbocycles. The van der Waals surface area contributed by atoms with Crippen LogP contribution in [0.1, 0.15) is 24.5 Å². The Hall–Kier alpha value is -0.900. The van der Waals surface area contributed by atoms with E-state index in [4.69, 9.17) is 9.73 Å². The lowest BCUT2D eigenvalue weighted by atomic mass is 10.1. The van der Waals surface area contributed by atoms with Crippen molar-refractivity contribution in [2.45, 2.75) is 32.5 Å². The van der Waals surface area contributed by atoms with E-state index < -0.39 is 0 Å². The number of benzene rings is 1. The summed E-state index contributed by atoms with van der Waals surface area (Å²) in [6, 6.07) is 9.40. The molecule has 2 fully saturated rings. The third-order valence-electron chi connectivity index (χ3n) is 5.26. The van der Waals surface area contributed by atoms with Crippen molar-refractivity contribution in [3.8, 4) is 0 Å². The number of aliphatic imine (C=N–C) groups is 1. The molecule has 158 valence electrons. The van der Waals surface area contributed by atoms with Crippen molar-refractivity contribution < 1.29 is 4.74 Å². The van der Waals surface area contributed by atoms with Gasteiger partial charge in [0, 0.05) is 45.3 Å². The van der Waals surface area contributed by atoms with Crippen molar-refractivity contribution in [3.05, 3.63) is 35.4 Å². The van der Waals surface area contributed by atoms with E-state index in [1.54, 1.807) is 0 Å². The van der Waals surface area contributed by atoms with Gasteiger partial charge in [0.25, 0.3) is 0 Å². The molecule has 3 rings (SSSR count). The molecule has 0 bridgehead atoms.